The predicted octanol–water partition coefficient (Wildman–Crippen LogP) is 4.77. The van der Waals surface area contributed by atoms with E-state index in [1.165, 1.54) is 22.2 Å². The van der Waals surface area contributed by atoms with E-state index in [0.29, 0.717) is 11.5 Å². The Labute approximate surface area is 143 Å². The third kappa shape index (κ3) is 3.19. The van der Waals surface area contributed by atoms with Crippen molar-refractivity contribution in [1.82, 2.24) is 9.55 Å². The van der Waals surface area contributed by atoms with Gasteiger partial charge in [-0.1, -0.05) is 26.0 Å². The highest BCUT2D eigenvalue weighted by molar-refractivity contribution is 5.78. The highest BCUT2D eigenvalue weighted by Gasteiger charge is 2.13. The molecule has 3 rings (SSSR count). The lowest BCUT2D eigenvalue weighted by Gasteiger charge is -2.11. The Hall–Kier alpha value is -2.60. The van der Waals surface area contributed by atoms with Crippen LogP contribution in [0.5, 0.6) is 0 Å². The molecule has 1 aromatic heterocycles. The van der Waals surface area contributed by atoms with Crippen molar-refractivity contribution in [2.45, 2.75) is 40.7 Å². The summed E-state index contributed by atoms with van der Waals surface area (Å²) in [4.78, 5) is 4.90. The lowest BCUT2D eigenvalue weighted by molar-refractivity contribution is 0.595. The van der Waals surface area contributed by atoms with Gasteiger partial charge in [-0.15, -0.1) is 0 Å². The van der Waals surface area contributed by atoms with E-state index in [-0.39, 0.29) is 0 Å². The van der Waals surface area contributed by atoms with Crippen LogP contribution in [0, 0.1) is 31.1 Å². The van der Waals surface area contributed by atoms with E-state index < -0.39 is 0 Å². The number of nitrogens with zero attached hydrogens (tertiary/aromatic N) is 3. The monoisotopic (exact) mass is 317 g/mol. The molecule has 2 aromatic carbocycles. The molecule has 0 aliphatic rings. The fourth-order valence-corrected chi connectivity index (χ4v) is 2.99. The lowest BCUT2D eigenvalue weighted by Crippen LogP contribution is -2.08. The van der Waals surface area contributed by atoms with Crippen molar-refractivity contribution < 1.29 is 0 Å². The molecule has 0 aliphatic carbocycles. The topological polar surface area (TPSA) is 41.6 Å². The van der Waals surface area contributed by atoms with Gasteiger partial charge in [0.05, 0.1) is 22.7 Å². The van der Waals surface area contributed by atoms with E-state index in [9.17, 15) is 0 Å². The van der Waals surface area contributed by atoms with Gasteiger partial charge < -0.3 is 4.57 Å². The SMILES string of the molecule is Cc1cc2nc(CC(C)C)n(Cc3ccc(C#N)cc3)c2cc1C. The standard InChI is InChI=1S/C21H23N3/c1-14(2)9-21-23-19-10-15(3)16(4)11-20(19)24(21)13-18-7-5-17(12-22)6-8-18/h5-8,10-11,14H,9,13H2,1-4H3. The molecule has 0 spiro atoms. The van der Waals surface area contributed by atoms with E-state index in [2.05, 4.69) is 50.5 Å². The minimum atomic E-state index is 0.559. The maximum absolute atomic E-state index is 8.96. The molecule has 0 amide bonds. The molecule has 0 saturated heterocycles. The molecule has 24 heavy (non-hydrogen) atoms. The van der Waals surface area contributed by atoms with Gasteiger partial charge in [-0.2, -0.15) is 5.26 Å². The van der Waals surface area contributed by atoms with Crippen LogP contribution in [-0.2, 0) is 13.0 Å². The van der Waals surface area contributed by atoms with Gasteiger partial charge in [0.25, 0.3) is 0 Å². The summed E-state index contributed by atoms with van der Waals surface area (Å²) in [6.45, 7) is 9.52. The molecule has 0 atom stereocenters. The van der Waals surface area contributed by atoms with E-state index in [0.717, 1.165) is 24.3 Å². The Kier molecular flexibility index (Phi) is 4.40. The van der Waals surface area contributed by atoms with Gasteiger partial charge in [0.15, 0.2) is 0 Å². The van der Waals surface area contributed by atoms with Crippen LogP contribution in [0.1, 0.15) is 41.9 Å². The second-order valence-electron chi connectivity index (χ2n) is 6.95. The fraction of sp³-hybridized carbons (Fsp3) is 0.333. The number of benzene rings is 2. The predicted molar refractivity (Wildman–Crippen MR) is 98.0 cm³/mol. The summed E-state index contributed by atoms with van der Waals surface area (Å²) in [6.07, 6.45) is 0.961. The Morgan fingerprint density at radius 2 is 1.75 bits per heavy atom. The first kappa shape index (κ1) is 16.3. The summed E-state index contributed by atoms with van der Waals surface area (Å²) in [5, 5.41) is 8.96. The van der Waals surface area contributed by atoms with Gasteiger partial charge in [0.1, 0.15) is 5.82 Å². The first-order valence-corrected chi connectivity index (χ1v) is 8.43. The molecule has 3 heteroatoms. The van der Waals surface area contributed by atoms with Crippen LogP contribution in [0.4, 0.5) is 0 Å². The Morgan fingerprint density at radius 1 is 1.08 bits per heavy atom. The van der Waals surface area contributed by atoms with Crippen LogP contribution in [0.25, 0.3) is 11.0 Å². The molecule has 0 saturated carbocycles. The van der Waals surface area contributed by atoms with Crippen molar-refractivity contribution in [3.63, 3.8) is 0 Å². The van der Waals surface area contributed by atoms with Crippen molar-refractivity contribution in [2.24, 2.45) is 5.92 Å². The van der Waals surface area contributed by atoms with Gasteiger partial charge in [0, 0.05) is 13.0 Å². The molecule has 0 N–H and O–H groups in total. The number of imidazole rings is 1. The summed E-state index contributed by atoms with van der Waals surface area (Å²) >= 11 is 0. The molecule has 0 radical (unpaired) electrons. The van der Waals surface area contributed by atoms with Crippen molar-refractivity contribution >= 4 is 11.0 Å². The highest BCUT2D eigenvalue weighted by atomic mass is 15.1. The van der Waals surface area contributed by atoms with Crippen molar-refractivity contribution in [2.75, 3.05) is 0 Å². The second-order valence-corrected chi connectivity index (χ2v) is 6.95. The van der Waals surface area contributed by atoms with Crippen LogP contribution in [-0.4, -0.2) is 9.55 Å². The van der Waals surface area contributed by atoms with Gasteiger partial charge in [-0.05, 0) is 60.7 Å². The van der Waals surface area contributed by atoms with Crippen LogP contribution >= 0.6 is 0 Å². The van der Waals surface area contributed by atoms with Gasteiger partial charge >= 0.3 is 0 Å². The molecule has 3 aromatic rings. The number of aromatic nitrogens is 2. The Bertz CT molecular complexity index is 909. The fourth-order valence-electron chi connectivity index (χ4n) is 2.99. The largest absolute Gasteiger partial charge is 0.323 e. The Morgan fingerprint density at radius 3 is 2.38 bits per heavy atom. The average molecular weight is 317 g/mol. The molecule has 0 aliphatic heterocycles. The smallest absolute Gasteiger partial charge is 0.110 e. The summed E-state index contributed by atoms with van der Waals surface area (Å²) in [7, 11) is 0. The van der Waals surface area contributed by atoms with Crippen molar-refractivity contribution in [1.29, 1.82) is 5.26 Å². The molecular formula is C21H23N3. The minimum absolute atomic E-state index is 0.559. The van der Waals surface area contributed by atoms with Crippen molar-refractivity contribution in [3.05, 3.63) is 64.5 Å². The summed E-state index contributed by atoms with van der Waals surface area (Å²) in [5.74, 6) is 1.69. The zero-order valence-corrected chi connectivity index (χ0v) is 14.8. The van der Waals surface area contributed by atoms with Gasteiger partial charge in [0.2, 0.25) is 0 Å². The molecule has 0 bridgehead atoms. The molecule has 3 nitrogen and oxygen atoms in total. The van der Waals surface area contributed by atoms with Gasteiger partial charge in [-0.3, -0.25) is 0 Å². The second kappa shape index (κ2) is 6.49. The summed E-state index contributed by atoms with van der Waals surface area (Å²) < 4.78 is 2.32. The molecule has 0 fully saturated rings. The van der Waals surface area contributed by atoms with Crippen LogP contribution in [0.2, 0.25) is 0 Å². The Balaban J connectivity index is 2.08. The third-order valence-corrected chi connectivity index (χ3v) is 4.46. The summed E-state index contributed by atoms with van der Waals surface area (Å²) in [5.41, 5.74) is 6.72. The number of rotatable bonds is 4. The normalized spacial score (nSPS) is 11.2. The zero-order chi connectivity index (χ0) is 17.3. The average Bonchev–Trinajstić information content (AvgIpc) is 2.85. The quantitative estimate of drug-likeness (QED) is 0.695. The number of nitriles is 1. The first-order chi connectivity index (χ1) is 11.5. The maximum atomic E-state index is 8.96. The zero-order valence-electron chi connectivity index (χ0n) is 14.8. The summed E-state index contributed by atoms with van der Waals surface area (Å²) in [6, 6.07) is 14.4. The van der Waals surface area contributed by atoms with Crippen LogP contribution in [0.3, 0.4) is 0 Å². The van der Waals surface area contributed by atoms with E-state index in [1.54, 1.807) is 0 Å². The molecule has 1 heterocycles. The third-order valence-electron chi connectivity index (χ3n) is 4.46. The van der Waals surface area contributed by atoms with Crippen LogP contribution in [0.15, 0.2) is 36.4 Å². The molecule has 0 unspecified atom stereocenters. The van der Waals surface area contributed by atoms with E-state index in [4.69, 9.17) is 10.2 Å². The van der Waals surface area contributed by atoms with Crippen molar-refractivity contribution in [3.8, 4) is 6.07 Å². The minimum Gasteiger partial charge on any atom is -0.323 e. The van der Waals surface area contributed by atoms with Crippen LogP contribution < -0.4 is 0 Å². The lowest BCUT2D eigenvalue weighted by atomic mass is 10.1. The molecular weight excluding hydrogens is 294 g/mol. The number of fused-ring (bicyclic) bond motifs is 1. The molecule has 122 valence electrons. The maximum Gasteiger partial charge on any atom is 0.110 e. The number of hydrogen-bond acceptors (Lipinski definition) is 2. The van der Waals surface area contributed by atoms with Gasteiger partial charge in [-0.25, -0.2) is 4.98 Å². The van der Waals surface area contributed by atoms with E-state index in [1.807, 2.05) is 24.3 Å². The number of hydrogen-bond donors (Lipinski definition) is 0. The first-order valence-electron chi connectivity index (χ1n) is 8.43. The van der Waals surface area contributed by atoms with E-state index >= 15 is 0 Å². The highest BCUT2D eigenvalue weighted by Crippen LogP contribution is 2.23. The number of aryl methyl sites for hydroxylation is 2.